The van der Waals surface area contributed by atoms with Crippen molar-refractivity contribution in [3.63, 3.8) is 0 Å². The van der Waals surface area contributed by atoms with Gasteiger partial charge in [0.2, 0.25) is 0 Å². The van der Waals surface area contributed by atoms with Gasteiger partial charge in [0.25, 0.3) is 0 Å². The number of hydrogen-bond acceptors (Lipinski definition) is 4. The minimum absolute atomic E-state index is 0.214. The molecular weight excluding hydrogens is 412 g/mol. The zero-order chi connectivity index (χ0) is 22.8. The van der Waals surface area contributed by atoms with E-state index in [0.717, 1.165) is 37.9 Å². The highest BCUT2D eigenvalue weighted by Crippen LogP contribution is 2.55. The molecule has 5 rings (SSSR count). The predicted octanol–water partition coefficient (Wildman–Crippen LogP) is 5.40. The van der Waals surface area contributed by atoms with Crippen molar-refractivity contribution in [1.82, 2.24) is 10.6 Å². The van der Waals surface area contributed by atoms with Gasteiger partial charge < -0.3 is 26.4 Å². The standard InChI is InChI=1S/C27H36N4O2/c1-2-3-13-29-26(33)31-22-10-5-4-9-21(22)30-24-16-18-15-23-19-8-6-7-11-27(19,12-14-28-23)20(18)17-25(24)32/h4-5,9-10,16-17,19,23,28,30,32H,2-3,6-8,11-15H2,1H3,(H2,29,31,33)/t19-,23+,27+/m1/s1. The third kappa shape index (κ3) is 4.17. The number of carbonyl (C=O) groups is 1. The molecule has 0 unspecified atom stereocenters. The molecule has 0 aromatic heterocycles. The summed E-state index contributed by atoms with van der Waals surface area (Å²) in [6, 6.07) is 12.1. The van der Waals surface area contributed by atoms with E-state index < -0.39 is 0 Å². The van der Waals surface area contributed by atoms with E-state index in [2.05, 4.69) is 34.3 Å². The Morgan fingerprint density at radius 1 is 1.15 bits per heavy atom. The molecule has 33 heavy (non-hydrogen) atoms. The molecule has 1 saturated carbocycles. The van der Waals surface area contributed by atoms with Crippen molar-refractivity contribution in [1.29, 1.82) is 0 Å². The van der Waals surface area contributed by atoms with E-state index in [1.54, 1.807) is 0 Å². The second-order valence-electron chi connectivity index (χ2n) is 9.95. The predicted molar refractivity (Wildman–Crippen MR) is 134 cm³/mol. The number of anilines is 3. The Morgan fingerprint density at radius 2 is 2.00 bits per heavy atom. The van der Waals surface area contributed by atoms with E-state index in [0.29, 0.717) is 29.9 Å². The van der Waals surface area contributed by atoms with Gasteiger partial charge in [0.1, 0.15) is 5.75 Å². The summed E-state index contributed by atoms with van der Waals surface area (Å²) in [7, 11) is 0. The molecule has 0 spiro atoms. The number of amides is 2. The number of phenolic OH excluding ortho intramolecular Hbond substituents is 1. The van der Waals surface area contributed by atoms with Crippen LogP contribution in [0.25, 0.3) is 0 Å². The zero-order valence-electron chi connectivity index (χ0n) is 19.5. The van der Waals surface area contributed by atoms with Crippen molar-refractivity contribution in [3.05, 3.63) is 47.5 Å². The van der Waals surface area contributed by atoms with Gasteiger partial charge in [-0.05, 0) is 80.0 Å². The number of carbonyl (C=O) groups excluding carboxylic acids is 1. The van der Waals surface area contributed by atoms with Crippen molar-refractivity contribution >= 4 is 23.1 Å². The van der Waals surface area contributed by atoms with Crippen LogP contribution in [-0.4, -0.2) is 30.3 Å². The van der Waals surface area contributed by atoms with Crippen LogP contribution in [0.4, 0.5) is 21.9 Å². The number of aromatic hydroxyl groups is 1. The molecule has 0 radical (unpaired) electrons. The van der Waals surface area contributed by atoms with Gasteiger partial charge in [-0.25, -0.2) is 4.79 Å². The second kappa shape index (κ2) is 9.26. The number of piperidine rings is 1. The molecule has 3 atom stereocenters. The first-order chi connectivity index (χ1) is 16.1. The summed E-state index contributed by atoms with van der Waals surface area (Å²) in [6.45, 7) is 3.82. The Bertz CT molecular complexity index is 1020. The molecule has 1 saturated heterocycles. The van der Waals surface area contributed by atoms with Crippen LogP contribution >= 0.6 is 0 Å². The number of hydrogen-bond donors (Lipinski definition) is 5. The lowest BCUT2D eigenvalue weighted by Crippen LogP contribution is -2.59. The summed E-state index contributed by atoms with van der Waals surface area (Å²) in [5, 5.41) is 24.0. The molecular formula is C27H36N4O2. The van der Waals surface area contributed by atoms with Gasteiger partial charge >= 0.3 is 6.03 Å². The molecule has 2 bridgehead atoms. The van der Waals surface area contributed by atoms with Crippen molar-refractivity contribution in [2.75, 3.05) is 23.7 Å². The average Bonchev–Trinajstić information content (AvgIpc) is 2.82. The molecule has 1 aliphatic heterocycles. The number of rotatable bonds is 6. The lowest BCUT2D eigenvalue weighted by molar-refractivity contribution is 0.0796. The van der Waals surface area contributed by atoms with Crippen LogP contribution in [0, 0.1) is 5.92 Å². The first-order valence-electron chi connectivity index (χ1n) is 12.6. The van der Waals surface area contributed by atoms with Crippen molar-refractivity contribution < 1.29 is 9.90 Å². The van der Waals surface area contributed by atoms with Crippen LogP contribution in [0.1, 0.15) is 63.0 Å². The van der Waals surface area contributed by atoms with Crippen LogP contribution < -0.4 is 21.3 Å². The van der Waals surface area contributed by atoms with E-state index >= 15 is 0 Å². The third-order valence-electron chi connectivity index (χ3n) is 8.02. The lowest BCUT2D eigenvalue weighted by atomic mass is 9.53. The highest BCUT2D eigenvalue weighted by molar-refractivity contribution is 5.94. The van der Waals surface area contributed by atoms with Gasteiger partial charge in [0.05, 0.1) is 17.1 Å². The fraction of sp³-hybridized carbons (Fsp3) is 0.519. The molecule has 6 heteroatoms. The maximum absolute atomic E-state index is 12.3. The quantitative estimate of drug-likeness (QED) is 0.302. The van der Waals surface area contributed by atoms with E-state index in [-0.39, 0.29) is 17.2 Å². The first-order valence-corrected chi connectivity index (χ1v) is 12.6. The lowest BCUT2D eigenvalue weighted by Gasteiger charge is -2.56. The average molecular weight is 449 g/mol. The Labute approximate surface area is 196 Å². The van der Waals surface area contributed by atoms with Crippen LogP contribution in [-0.2, 0) is 11.8 Å². The van der Waals surface area contributed by atoms with Gasteiger partial charge in [-0.3, -0.25) is 0 Å². The largest absolute Gasteiger partial charge is 0.506 e. The normalized spacial score (nSPS) is 25.5. The number of phenols is 1. The maximum atomic E-state index is 12.3. The van der Waals surface area contributed by atoms with Crippen LogP contribution in [0.15, 0.2) is 36.4 Å². The fourth-order valence-corrected chi connectivity index (χ4v) is 6.46. The Kier molecular flexibility index (Phi) is 6.19. The van der Waals surface area contributed by atoms with E-state index in [1.165, 1.54) is 36.8 Å². The number of urea groups is 1. The van der Waals surface area contributed by atoms with Crippen LogP contribution in [0.2, 0.25) is 0 Å². The summed E-state index contributed by atoms with van der Waals surface area (Å²) in [6.07, 6.45) is 9.28. The summed E-state index contributed by atoms with van der Waals surface area (Å²) >= 11 is 0. The first kappa shape index (κ1) is 22.1. The van der Waals surface area contributed by atoms with E-state index in [9.17, 15) is 9.90 Å². The number of nitrogens with one attached hydrogen (secondary N) is 4. The van der Waals surface area contributed by atoms with Gasteiger partial charge in [-0.1, -0.05) is 38.3 Å². The zero-order valence-corrected chi connectivity index (χ0v) is 19.5. The fourth-order valence-electron chi connectivity index (χ4n) is 6.46. The Morgan fingerprint density at radius 3 is 2.85 bits per heavy atom. The molecule has 2 aromatic carbocycles. The van der Waals surface area contributed by atoms with Crippen molar-refractivity contribution in [3.8, 4) is 5.75 Å². The van der Waals surface area contributed by atoms with Crippen molar-refractivity contribution in [2.45, 2.75) is 69.7 Å². The molecule has 176 valence electrons. The van der Waals surface area contributed by atoms with E-state index in [1.807, 2.05) is 30.3 Å². The van der Waals surface area contributed by atoms with Crippen molar-refractivity contribution in [2.24, 2.45) is 5.92 Å². The smallest absolute Gasteiger partial charge is 0.319 e. The summed E-state index contributed by atoms with van der Waals surface area (Å²) in [4.78, 5) is 12.3. The van der Waals surface area contributed by atoms with Crippen LogP contribution in [0.3, 0.4) is 0 Å². The number of para-hydroxylation sites is 2. The SMILES string of the molecule is CCCCNC(=O)Nc1ccccc1Nc1cc2c(cc1O)[C@]13CCCC[C@@H]1[C@H](C2)NCC3. The Hall–Kier alpha value is -2.73. The van der Waals surface area contributed by atoms with Gasteiger partial charge in [-0.2, -0.15) is 0 Å². The Balaban J connectivity index is 1.41. The molecule has 6 nitrogen and oxygen atoms in total. The summed E-state index contributed by atoms with van der Waals surface area (Å²) in [5.41, 5.74) is 5.07. The van der Waals surface area contributed by atoms with E-state index in [4.69, 9.17) is 0 Å². The molecule has 5 N–H and O–H groups in total. The number of unbranched alkanes of at least 4 members (excludes halogenated alkanes) is 1. The third-order valence-corrected chi connectivity index (χ3v) is 8.02. The molecule has 1 heterocycles. The maximum Gasteiger partial charge on any atom is 0.319 e. The summed E-state index contributed by atoms with van der Waals surface area (Å²) in [5.74, 6) is 0.966. The number of fused-ring (bicyclic) bond motifs is 1. The highest BCUT2D eigenvalue weighted by Gasteiger charge is 2.51. The monoisotopic (exact) mass is 448 g/mol. The van der Waals surface area contributed by atoms with Gasteiger partial charge in [-0.15, -0.1) is 0 Å². The molecule has 2 aromatic rings. The second-order valence-corrected chi connectivity index (χ2v) is 9.95. The topological polar surface area (TPSA) is 85.4 Å². The summed E-state index contributed by atoms with van der Waals surface area (Å²) < 4.78 is 0. The highest BCUT2D eigenvalue weighted by atomic mass is 16.3. The van der Waals surface area contributed by atoms with Gasteiger partial charge in [0, 0.05) is 18.0 Å². The minimum Gasteiger partial charge on any atom is -0.506 e. The molecule has 2 aliphatic carbocycles. The molecule has 2 fully saturated rings. The van der Waals surface area contributed by atoms with Gasteiger partial charge in [0.15, 0.2) is 0 Å². The van der Waals surface area contributed by atoms with Crippen LogP contribution in [0.5, 0.6) is 5.75 Å². The number of benzene rings is 2. The molecule has 2 amide bonds. The minimum atomic E-state index is -0.214. The molecule has 3 aliphatic rings.